The topological polar surface area (TPSA) is 75.6 Å². The number of thiazole rings is 1. The zero-order valence-corrected chi connectivity index (χ0v) is 21.5. The first-order chi connectivity index (χ1) is 17.7. The number of anilines is 2. The normalized spacial score (nSPS) is 11.5. The molecule has 0 saturated carbocycles. The minimum Gasteiger partial charge on any atom is -0.489 e. The van der Waals surface area contributed by atoms with Crippen molar-refractivity contribution in [3.63, 3.8) is 0 Å². The molecule has 0 saturated heterocycles. The predicted molar refractivity (Wildman–Crippen MR) is 141 cm³/mol. The summed E-state index contributed by atoms with van der Waals surface area (Å²) in [5, 5.41) is 8.84. The Morgan fingerprint density at radius 1 is 1.08 bits per heavy atom. The van der Waals surface area contributed by atoms with Gasteiger partial charge in [0.2, 0.25) is 5.91 Å². The van der Waals surface area contributed by atoms with Crippen molar-refractivity contribution >= 4 is 50.2 Å². The molecule has 11 heteroatoms. The van der Waals surface area contributed by atoms with Gasteiger partial charge in [-0.25, -0.2) is 10.4 Å². The van der Waals surface area contributed by atoms with Crippen LogP contribution in [0.2, 0.25) is 0 Å². The number of hydrogen-bond acceptors (Lipinski definition) is 6. The standard InChI is InChI=1S/C26H20BrF3N4O2S/c27-20-8-4-18(5-9-20)15-36-23-10-6-17(7-11-23)14-31-34-24(35)13-22-16-37-25(33-22)32-21-3-1-2-19(12-21)26(28,29)30/h1-12,14,16H,13,15H2,(H,32,33)(H,34,35)/b31-14-. The summed E-state index contributed by atoms with van der Waals surface area (Å²) in [6.45, 7) is 0.449. The number of hydrazone groups is 1. The van der Waals surface area contributed by atoms with Crippen LogP contribution < -0.4 is 15.5 Å². The van der Waals surface area contributed by atoms with Crippen molar-refractivity contribution in [3.8, 4) is 5.75 Å². The Hall–Kier alpha value is -3.70. The highest BCUT2D eigenvalue weighted by molar-refractivity contribution is 9.10. The van der Waals surface area contributed by atoms with Gasteiger partial charge in [0.25, 0.3) is 0 Å². The number of halogens is 4. The van der Waals surface area contributed by atoms with Gasteiger partial charge in [0, 0.05) is 15.5 Å². The van der Waals surface area contributed by atoms with Crippen LogP contribution in [0, 0.1) is 0 Å². The average molecular weight is 589 g/mol. The van der Waals surface area contributed by atoms with Gasteiger partial charge < -0.3 is 10.1 Å². The minimum atomic E-state index is -4.43. The average Bonchev–Trinajstić information content (AvgIpc) is 3.30. The molecule has 0 spiro atoms. The second-order valence-corrected chi connectivity index (χ2v) is 9.58. The highest BCUT2D eigenvalue weighted by Gasteiger charge is 2.30. The van der Waals surface area contributed by atoms with Crippen molar-refractivity contribution < 1.29 is 22.7 Å². The Labute approximate surface area is 223 Å². The quantitative estimate of drug-likeness (QED) is 0.164. The molecular formula is C26H20BrF3N4O2S. The van der Waals surface area contributed by atoms with Crippen molar-refractivity contribution in [1.29, 1.82) is 0 Å². The van der Waals surface area contributed by atoms with E-state index in [1.165, 1.54) is 29.7 Å². The van der Waals surface area contributed by atoms with Crippen molar-refractivity contribution in [1.82, 2.24) is 10.4 Å². The third kappa shape index (κ3) is 8.16. The summed E-state index contributed by atoms with van der Waals surface area (Å²) in [6, 6.07) is 20.0. The SMILES string of the molecule is O=C(Cc1csc(Nc2cccc(C(F)(F)F)c2)n1)N/N=C\c1ccc(OCc2ccc(Br)cc2)cc1. The molecule has 0 bridgehead atoms. The van der Waals surface area contributed by atoms with E-state index in [0.29, 0.717) is 23.2 Å². The molecule has 2 N–H and O–H groups in total. The van der Waals surface area contributed by atoms with Gasteiger partial charge in [-0.3, -0.25) is 4.79 Å². The van der Waals surface area contributed by atoms with E-state index >= 15 is 0 Å². The number of ether oxygens (including phenoxy) is 1. The van der Waals surface area contributed by atoms with Crippen molar-refractivity contribution in [2.24, 2.45) is 5.10 Å². The van der Waals surface area contributed by atoms with E-state index in [0.717, 1.165) is 27.7 Å². The second-order valence-electron chi connectivity index (χ2n) is 7.80. The van der Waals surface area contributed by atoms with E-state index in [9.17, 15) is 18.0 Å². The van der Waals surface area contributed by atoms with Gasteiger partial charge >= 0.3 is 6.18 Å². The molecule has 0 radical (unpaired) electrons. The zero-order valence-electron chi connectivity index (χ0n) is 19.1. The fraction of sp³-hybridized carbons (Fsp3) is 0.115. The van der Waals surface area contributed by atoms with Crippen molar-refractivity contribution in [3.05, 3.63) is 105 Å². The summed E-state index contributed by atoms with van der Waals surface area (Å²) in [6.07, 6.45) is -2.94. The predicted octanol–water partition coefficient (Wildman–Crippen LogP) is 6.94. The summed E-state index contributed by atoms with van der Waals surface area (Å²) < 4.78 is 45.4. The molecule has 0 aliphatic rings. The maximum absolute atomic E-state index is 12.9. The van der Waals surface area contributed by atoms with Gasteiger partial charge in [-0.1, -0.05) is 34.1 Å². The number of benzene rings is 3. The summed E-state index contributed by atoms with van der Waals surface area (Å²) in [7, 11) is 0. The lowest BCUT2D eigenvalue weighted by molar-refractivity contribution is -0.137. The number of rotatable bonds is 9. The lowest BCUT2D eigenvalue weighted by Gasteiger charge is -2.08. The van der Waals surface area contributed by atoms with Crippen LogP contribution in [-0.4, -0.2) is 17.1 Å². The van der Waals surface area contributed by atoms with E-state index in [2.05, 4.69) is 36.8 Å². The zero-order chi connectivity index (χ0) is 26.3. The number of nitrogens with zero attached hydrogens (tertiary/aromatic N) is 2. The number of hydrogen-bond donors (Lipinski definition) is 2. The number of aromatic nitrogens is 1. The van der Waals surface area contributed by atoms with Gasteiger partial charge in [-0.15, -0.1) is 11.3 Å². The molecule has 4 aromatic rings. The maximum Gasteiger partial charge on any atom is 0.416 e. The minimum absolute atomic E-state index is 0.0268. The van der Waals surface area contributed by atoms with Crippen LogP contribution in [0.1, 0.15) is 22.4 Å². The highest BCUT2D eigenvalue weighted by Crippen LogP contribution is 2.31. The fourth-order valence-electron chi connectivity index (χ4n) is 3.12. The molecule has 0 fully saturated rings. The Bertz CT molecular complexity index is 1370. The molecule has 3 aromatic carbocycles. The molecule has 4 rings (SSSR count). The van der Waals surface area contributed by atoms with Crippen LogP contribution >= 0.6 is 27.3 Å². The largest absolute Gasteiger partial charge is 0.489 e. The van der Waals surface area contributed by atoms with Crippen LogP contribution in [-0.2, 0) is 24.0 Å². The molecule has 37 heavy (non-hydrogen) atoms. The van der Waals surface area contributed by atoms with E-state index in [1.54, 1.807) is 5.38 Å². The van der Waals surface area contributed by atoms with Gasteiger partial charge in [-0.05, 0) is 65.7 Å². The van der Waals surface area contributed by atoms with Gasteiger partial charge in [-0.2, -0.15) is 18.3 Å². The summed E-state index contributed by atoms with van der Waals surface area (Å²) >= 11 is 4.59. The molecule has 6 nitrogen and oxygen atoms in total. The van der Waals surface area contributed by atoms with E-state index in [-0.39, 0.29) is 18.0 Å². The summed E-state index contributed by atoms with van der Waals surface area (Å²) in [4.78, 5) is 16.4. The molecule has 0 atom stereocenters. The van der Waals surface area contributed by atoms with Gasteiger partial charge in [0.15, 0.2) is 5.13 Å². The van der Waals surface area contributed by atoms with Crippen LogP contribution in [0.25, 0.3) is 0 Å². The Kier molecular flexibility index (Phi) is 8.57. The molecule has 190 valence electrons. The monoisotopic (exact) mass is 588 g/mol. The first kappa shape index (κ1) is 26.4. The molecule has 1 amide bonds. The lowest BCUT2D eigenvalue weighted by Crippen LogP contribution is -2.19. The Balaban J connectivity index is 1.23. The number of alkyl halides is 3. The van der Waals surface area contributed by atoms with E-state index < -0.39 is 11.7 Å². The Morgan fingerprint density at radius 2 is 1.84 bits per heavy atom. The van der Waals surface area contributed by atoms with Crippen molar-refractivity contribution in [2.45, 2.75) is 19.2 Å². The number of nitrogens with one attached hydrogen (secondary N) is 2. The van der Waals surface area contributed by atoms with E-state index in [1.807, 2.05) is 48.5 Å². The second kappa shape index (κ2) is 12.0. The molecule has 0 aliphatic heterocycles. The molecule has 0 aliphatic carbocycles. The lowest BCUT2D eigenvalue weighted by atomic mass is 10.2. The third-order valence-corrected chi connectivity index (χ3v) is 6.27. The smallest absolute Gasteiger partial charge is 0.416 e. The molecule has 0 unspecified atom stereocenters. The summed E-state index contributed by atoms with van der Waals surface area (Å²) in [5.74, 6) is 0.337. The molecular weight excluding hydrogens is 569 g/mol. The third-order valence-electron chi connectivity index (χ3n) is 4.94. The van der Waals surface area contributed by atoms with Crippen molar-refractivity contribution in [2.75, 3.05) is 5.32 Å². The van der Waals surface area contributed by atoms with Gasteiger partial charge in [0.1, 0.15) is 12.4 Å². The maximum atomic E-state index is 12.9. The number of amides is 1. The number of carbonyl (C=O) groups is 1. The fourth-order valence-corrected chi connectivity index (χ4v) is 4.12. The van der Waals surface area contributed by atoms with Crippen LogP contribution in [0.5, 0.6) is 5.75 Å². The van der Waals surface area contributed by atoms with Crippen LogP contribution in [0.4, 0.5) is 24.0 Å². The molecule has 1 aromatic heterocycles. The van der Waals surface area contributed by atoms with Gasteiger partial charge in [0.05, 0.1) is 23.9 Å². The molecule has 1 heterocycles. The van der Waals surface area contributed by atoms with Crippen LogP contribution in [0.3, 0.4) is 0 Å². The van der Waals surface area contributed by atoms with Crippen LogP contribution in [0.15, 0.2) is 87.8 Å². The number of carbonyl (C=O) groups excluding carboxylic acids is 1. The highest BCUT2D eigenvalue weighted by atomic mass is 79.9. The Morgan fingerprint density at radius 3 is 2.57 bits per heavy atom. The first-order valence-corrected chi connectivity index (χ1v) is 12.6. The first-order valence-electron chi connectivity index (χ1n) is 10.9. The van der Waals surface area contributed by atoms with E-state index in [4.69, 9.17) is 4.74 Å². The summed E-state index contributed by atoms with van der Waals surface area (Å²) in [5.41, 5.74) is 4.25.